The number of nitrogens with zero attached hydrogens (tertiary/aromatic N) is 2. The van der Waals surface area contributed by atoms with E-state index < -0.39 is 11.8 Å². The van der Waals surface area contributed by atoms with E-state index in [1.54, 1.807) is 18.0 Å². The van der Waals surface area contributed by atoms with Gasteiger partial charge in [0, 0.05) is 26.4 Å². The molecule has 0 radical (unpaired) electrons. The molecule has 1 rings (SSSR count). The van der Waals surface area contributed by atoms with Crippen molar-refractivity contribution < 1.29 is 14.3 Å². The van der Waals surface area contributed by atoms with Crippen LogP contribution in [-0.4, -0.2) is 48.4 Å². The van der Waals surface area contributed by atoms with E-state index in [1.807, 2.05) is 0 Å². The van der Waals surface area contributed by atoms with Crippen LogP contribution in [0.4, 0.5) is 5.69 Å². The number of hydrogen-bond acceptors (Lipinski definition) is 5. The zero-order valence-corrected chi connectivity index (χ0v) is 10.2. The Bertz CT molecular complexity index is 404. The molecular formula is C10H17N5O3. The van der Waals surface area contributed by atoms with Crippen molar-refractivity contribution in [1.82, 2.24) is 15.1 Å². The summed E-state index contributed by atoms with van der Waals surface area (Å²) in [7, 11) is 1.59. The number of nitrogens with one attached hydrogen (secondary N) is 2. The highest BCUT2D eigenvalue weighted by molar-refractivity contribution is 6.39. The van der Waals surface area contributed by atoms with Gasteiger partial charge in [0.2, 0.25) is 0 Å². The average molecular weight is 255 g/mol. The maximum absolute atomic E-state index is 11.4. The zero-order valence-electron chi connectivity index (χ0n) is 10.2. The second-order valence-electron chi connectivity index (χ2n) is 3.48. The second kappa shape index (κ2) is 7.41. The van der Waals surface area contributed by atoms with E-state index in [9.17, 15) is 9.59 Å². The molecule has 0 aliphatic carbocycles. The van der Waals surface area contributed by atoms with E-state index in [-0.39, 0.29) is 13.1 Å². The van der Waals surface area contributed by atoms with E-state index in [0.29, 0.717) is 18.8 Å². The number of carbonyl (C=O) groups is 2. The van der Waals surface area contributed by atoms with Crippen molar-refractivity contribution in [3.05, 3.63) is 12.4 Å². The van der Waals surface area contributed by atoms with Crippen molar-refractivity contribution in [2.45, 2.75) is 6.54 Å². The van der Waals surface area contributed by atoms with Crippen molar-refractivity contribution in [1.29, 1.82) is 0 Å². The van der Waals surface area contributed by atoms with Gasteiger partial charge in [-0.25, -0.2) is 0 Å². The second-order valence-corrected chi connectivity index (χ2v) is 3.48. The molecule has 4 N–H and O–H groups in total. The molecule has 0 fully saturated rings. The van der Waals surface area contributed by atoms with Gasteiger partial charge in [0.15, 0.2) is 0 Å². The van der Waals surface area contributed by atoms with Gasteiger partial charge in [-0.05, 0) is 0 Å². The highest BCUT2D eigenvalue weighted by atomic mass is 16.5. The van der Waals surface area contributed by atoms with Gasteiger partial charge < -0.3 is 21.1 Å². The molecule has 18 heavy (non-hydrogen) atoms. The Kier molecular flexibility index (Phi) is 5.81. The maximum Gasteiger partial charge on any atom is 0.313 e. The molecule has 100 valence electrons. The lowest BCUT2D eigenvalue weighted by atomic mass is 10.4. The average Bonchev–Trinajstić information content (AvgIpc) is 2.80. The van der Waals surface area contributed by atoms with Crippen LogP contribution in [0, 0.1) is 0 Å². The first-order valence-corrected chi connectivity index (χ1v) is 5.48. The predicted octanol–water partition coefficient (Wildman–Crippen LogP) is -1.46. The third-order valence-electron chi connectivity index (χ3n) is 2.05. The van der Waals surface area contributed by atoms with Gasteiger partial charge in [-0.1, -0.05) is 0 Å². The first kappa shape index (κ1) is 14.1. The minimum Gasteiger partial charge on any atom is -0.383 e. The number of methoxy groups -OCH3 is 1. The number of rotatable bonds is 6. The van der Waals surface area contributed by atoms with E-state index in [0.717, 1.165) is 0 Å². The van der Waals surface area contributed by atoms with Crippen LogP contribution in [0.3, 0.4) is 0 Å². The van der Waals surface area contributed by atoms with E-state index >= 15 is 0 Å². The summed E-state index contributed by atoms with van der Waals surface area (Å²) in [5.74, 6) is -1.46. The Morgan fingerprint density at radius 2 is 2.28 bits per heavy atom. The summed E-state index contributed by atoms with van der Waals surface area (Å²) in [6, 6.07) is 0. The molecule has 0 aliphatic heterocycles. The van der Waals surface area contributed by atoms with Crippen molar-refractivity contribution in [2.75, 3.05) is 32.1 Å². The van der Waals surface area contributed by atoms with Crippen LogP contribution in [0.15, 0.2) is 12.4 Å². The Hall–Kier alpha value is -1.93. The molecule has 0 bridgehead atoms. The van der Waals surface area contributed by atoms with Crippen LogP contribution in [0.2, 0.25) is 0 Å². The summed E-state index contributed by atoms with van der Waals surface area (Å²) in [4.78, 5) is 22.7. The molecule has 1 aromatic heterocycles. The van der Waals surface area contributed by atoms with Crippen LogP contribution in [0.5, 0.6) is 0 Å². The van der Waals surface area contributed by atoms with Crippen LogP contribution in [0.25, 0.3) is 0 Å². The molecule has 1 heterocycles. The molecule has 0 saturated carbocycles. The van der Waals surface area contributed by atoms with Gasteiger partial charge in [0.25, 0.3) is 0 Å². The number of anilines is 1. The number of amides is 2. The molecule has 8 heteroatoms. The smallest absolute Gasteiger partial charge is 0.313 e. The lowest BCUT2D eigenvalue weighted by Crippen LogP contribution is -2.37. The third kappa shape index (κ3) is 4.52. The Labute approximate surface area is 104 Å². The standard InChI is InChI=1S/C10H17N5O3/c1-18-5-4-15-7-8(6-13-15)14-10(17)9(16)12-3-2-11/h6-7H,2-5,11H2,1H3,(H,12,16)(H,14,17). The minimum absolute atomic E-state index is 0.263. The van der Waals surface area contributed by atoms with Gasteiger partial charge in [-0.15, -0.1) is 0 Å². The first-order chi connectivity index (χ1) is 8.67. The van der Waals surface area contributed by atoms with Crippen LogP contribution >= 0.6 is 0 Å². The highest BCUT2D eigenvalue weighted by Crippen LogP contribution is 2.04. The Morgan fingerprint density at radius 3 is 2.94 bits per heavy atom. The number of ether oxygens (including phenoxy) is 1. The van der Waals surface area contributed by atoms with E-state index in [2.05, 4.69) is 15.7 Å². The first-order valence-electron chi connectivity index (χ1n) is 5.48. The van der Waals surface area contributed by atoms with E-state index in [1.165, 1.54) is 6.20 Å². The van der Waals surface area contributed by atoms with Crippen LogP contribution in [0.1, 0.15) is 0 Å². The number of aromatic nitrogens is 2. The quantitative estimate of drug-likeness (QED) is 0.538. The van der Waals surface area contributed by atoms with Gasteiger partial charge in [0.05, 0.1) is 25.0 Å². The third-order valence-corrected chi connectivity index (χ3v) is 2.05. The summed E-state index contributed by atoms with van der Waals surface area (Å²) >= 11 is 0. The fourth-order valence-corrected chi connectivity index (χ4v) is 1.19. The monoisotopic (exact) mass is 255 g/mol. The Balaban J connectivity index is 2.44. The lowest BCUT2D eigenvalue weighted by molar-refractivity contribution is -0.136. The molecule has 0 aromatic carbocycles. The SMILES string of the molecule is COCCn1cc(NC(=O)C(=O)NCCN)cn1. The fourth-order valence-electron chi connectivity index (χ4n) is 1.19. The molecular weight excluding hydrogens is 238 g/mol. The summed E-state index contributed by atoms with van der Waals surface area (Å²) in [6.45, 7) is 1.64. The molecule has 0 spiro atoms. The Morgan fingerprint density at radius 1 is 1.50 bits per heavy atom. The molecule has 0 unspecified atom stereocenters. The molecule has 0 aliphatic rings. The van der Waals surface area contributed by atoms with Crippen molar-refractivity contribution in [2.24, 2.45) is 5.73 Å². The summed E-state index contributed by atoms with van der Waals surface area (Å²) < 4.78 is 6.50. The summed E-state index contributed by atoms with van der Waals surface area (Å²) in [5, 5.41) is 8.80. The summed E-state index contributed by atoms with van der Waals surface area (Å²) in [6.07, 6.45) is 3.08. The predicted molar refractivity (Wildman–Crippen MR) is 64.8 cm³/mol. The minimum atomic E-state index is -0.741. The van der Waals surface area contributed by atoms with Gasteiger partial charge in [0.1, 0.15) is 0 Å². The van der Waals surface area contributed by atoms with Crippen molar-refractivity contribution in [3.8, 4) is 0 Å². The molecule has 2 amide bonds. The van der Waals surface area contributed by atoms with Crippen molar-refractivity contribution in [3.63, 3.8) is 0 Å². The summed E-state index contributed by atoms with van der Waals surface area (Å²) in [5.41, 5.74) is 5.67. The van der Waals surface area contributed by atoms with Gasteiger partial charge >= 0.3 is 11.8 Å². The highest BCUT2D eigenvalue weighted by Gasteiger charge is 2.13. The van der Waals surface area contributed by atoms with Gasteiger partial charge in [-0.2, -0.15) is 5.10 Å². The maximum atomic E-state index is 11.4. The van der Waals surface area contributed by atoms with Crippen LogP contribution < -0.4 is 16.4 Å². The normalized spacial score (nSPS) is 10.1. The topological polar surface area (TPSA) is 111 Å². The number of nitrogens with two attached hydrogens (primary N) is 1. The zero-order chi connectivity index (χ0) is 13.4. The van der Waals surface area contributed by atoms with Crippen LogP contribution in [-0.2, 0) is 20.9 Å². The van der Waals surface area contributed by atoms with Crippen molar-refractivity contribution >= 4 is 17.5 Å². The number of hydrogen-bond donors (Lipinski definition) is 3. The fraction of sp³-hybridized carbons (Fsp3) is 0.500. The molecule has 8 nitrogen and oxygen atoms in total. The largest absolute Gasteiger partial charge is 0.383 e. The molecule has 0 saturated heterocycles. The molecule has 1 aromatic rings. The van der Waals surface area contributed by atoms with Gasteiger partial charge in [-0.3, -0.25) is 14.3 Å². The lowest BCUT2D eigenvalue weighted by Gasteiger charge is -2.03. The van der Waals surface area contributed by atoms with E-state index in [4.69, 9.17) is 10.5 Å². The molecule has 0 atom stereocenters. The number of carbonyl (C=O) groups excluding carboxylic acids is 2.